The Kier molecular flexibility index (Phi) is 3.98. The predicted octanol–water partition coefficient (Wildman–Crippen LogP) is 2.65. The van der Waals surface area contributed by atoms with E-state index < -0.39 is 11.7 Å². The Morgan fingerprint density at radius 3 is 3.05 bits per heavy atom. The number of benzene rings is 1. The van der Waals surface area contributed by atoms with Crippen LogP contribution in [0.2, 0.25) is 0 Å². The van der Waals surface area contributed by atoms with Gasteiger partial charge in [-0.1, -0.05) is 5.10 Å². The SMILES string of the molecule is O=C(Nc1nnc(C2CCCN2)o1)c1ccc(F)cc1Br. The molecule has 8 heteroatoms. The van der Waals surface area contributed by atoms with Crippen LogP contribution in [0.3, 0.4) is 0 Å². The number of nitrogens with zero attached hydrogens (tertiary/aromatic N) is 2. The maximum atomic E-state index is 13.0. The topological polar surface area (TPSA) is 80.0 Å². The van der Waals surface area contributed by atoms with Gasteiger partial charge in [0.1, 0.15) is 5.82 Å². The largest absolute Gasteiger partial charge is 0.406 e. The van der Waals surface area contributed by atoms with Crippen LogP contribution < -0.4 is 10.6 Å². The van der Waals surface area contributed by atoms with E-state index in [0.717, 1.165) is 19.4 Å². The zero-order chi connectivity index (χ0) is 14.8. The second kappa shape index (κ2) is 5.90. The minimum absolute atomic E-state index is 0.0277. The molecular weight excluding hydrogens is 343 g/mol. The molecule has 1 aliphatic heterocycles. The molecule has 1 atom stereocenters. The quantitative estimate of drug-likeness (QED) is 0.885. The molecule has 1 aliphatic rings. The molecule has 1 aromatic heterocycles. The zero-order valence-corrected chi connectivity index (χ0v) is 12.5. The molecule has 1 saturated heterocycles. The van der Waals surface area contributed by atoms with E-state index in [1.165, 1.54) is 18.2 Å². The minimum atomic E-state index is -0.448. The first-order valence-electron chi connectivity index (χ1n) is 6.46. The molecule has 1 aromatic carbocycles. The standard InChI is InChI=1S/C13H12BrFN4O2/c14-9-6-7(15)3-4-8(9)11(20)17-13-19-18-12(21-13)10-2-1-5-16-10/h3-4,6,10,16H,1-2,5H2,(H,17,19,20). The van der Waals surface area contributed by atoms with Crippen molar-refractivity contribution >= 4 is 27.9 Å². The molecule has 0 aliphatic carbocycles. The van der Waals surface area contributed by atoms with Crippen LogP contribution in [0.15, 0.2) is 27.1 Å². The summed E-state index contributed by atoms with van der Waals surface area (Å²) in [7, 11) is 0. The fraction of sp³-hybridized carbons (Fsp3) is 0.308. The number of halogens is 2. The van der Waals surface area contributed by atoms with Crippen LogP contribution in [0.5, 0.6) is 0 Å². The van der Waals surface area contributed by atoms with E-state index in [9.17, 15) is 9.18 Å². The average Bonchev–Trinajstić information content (AvgIpc) is 3.08. The molecule has 0 bridgehead atoms. The van der Waals surface area contributed by atoms with Gasteiger partial charge in [0.2, 0.25) is 5.89 Å². The second-order valence-corrected chi connectivity index (χ2v) is 5.53. The Labute approximate surface area is 128 Å². The minimum Gasteiger partial charge on any atom is -0.406 e. The van der Waals surface area contributed by atoms with Gasteiger partial charge in [0.15, 0.2) is 0 Å². The van der Waals surface area contributed by atoms with Crippen LogP contribution in [-0.4, -0.2) is 22.6 Å². The highest BCUT2D eigenvalue weighted by Gasteiger charge is 2.23. The average molecular weight is 355 g/mol. The summed E-state index contributed by atoms with van der Waals surface area (Å²) >= 11 is 3.14. The first-order valence-corrected chi connectivity index (χ1v) is 7.26. The van der Waals surface area contributed by atoms with Gasteiger partial charge in [-0.3, -0.25) is 10.1 Å². The summed E-state index contributed by atoms with van der Waals surface area (Å²) in [6.07, 6.45) is 1.98. The Balaban J connectivity index is 1.72. The Morgan fingerprint density at radius 1 is 1.48 bits per heavy atom. The van der Waals surface area contributed by atoms with Gasteiger partial charge in [-0.25, -0.2) is 4.39 Å². The van der Waals surface area contributed by atoms with E-state index in [1.807, 2.05) is 0 Å². The Bertz CT molecular complexity index is 670. The van der Waals surface area contributed by atoms with Gasteiger partial charge in [0.05, 0.1) is 11.6 Å². The summed E-state index contributed by atoms with van der Waals surface area (Å²) < 4.78 is 18.8. The highest BCUT2D eigenvalue weighted by Crippen LogP contribution is 2.24. The van der Waals surface area contributed by atoms with Gasteiger partial charge in [-0.2, -0.15) is 0 Å². The number of carbonyl (C=O) groups is 1. The van der Waals surface area contributed by atoms with Crippen LogP contribution in [0.1, 0.15) is 35.1 Å². The molecule has 1 fully saturated rings. The Morgan fingerprint density at radius 2 is 2.33 bits per heavy atom. The van der Waals surface area contributed by atoms with E-state index in [-0.39, 0.29) is 17.6 Å². The van der Waals surface area contributed by atoms with Crippen LogP contribution in [-0.2, 0) is 0 Å². The number of hydrogen-bond acceptors (Lipinski definition) is 5. The molecule has 0 spiro atoms. The van der Waals surface area contributed by atoms with Crippen LogP contribution >= 0.6 is 15.9 Å². The maximum Gasteiger partial charge on any atom is 0.322 e. The predicted molar refractivity (Wildman–Crippen MR) is 76.3 cm³/mol. The lowest BCUT2D eigenvalue weighted by Gasteiger charge is -2.04. The number of nitrogens with one attached hydrogen (secondary N) is 2. The van der Waals surface area contributed by atoms with E-state index in [0.29, 0.717) is 10.4 Å². The van der Waals surface area contributed by atoms with Crippen molar-refractivity contribution in [3.8, 4) is 0 Å². The summed E-state index contributed by atoms with van der Waals surface area (Å²) in [6, 6.07) is 3.88. The molecule has 1 unspecified atom stereocenters. The number of carbonyl (C=O) groups excluding carboxylic acids is 1. The molecule has 0 saturated carbocycles. The van der Waals surface area contributed by atoms with Crippen molar-refractivity contribution in [3.05, 3.63) is 39.9 Å². The first-order chi connectivity index (χ1) is 10.1. The molecular formula is C13H12BrFN4O2. The monoisotopic (exact) mass is 354 g/mol. The molecule has 2 N–H and O–H groups in total. The van der Waals surface area contributed by atoms with Crippen LogP contribution in [0, 0.1) is 5.82 Å². The summed E-state index contributed by atoms with van der Waals surface area (Å²) in [5, 5.41) is 13.4. The molecule has 3 rings (SSSR count). The van der Waals surface area contributed by atoms with Crippen molar-refractivity contribution in [3.63, 3.8) is 0 Å². The normalized spacial score (nSPS) is 17.9. The van der Waals surface area contributed by atoms with Crippen LogP contribution in [0.4, 0.5) is 10.4 Å². The zero-order valence-electron chi connectivity index (χ0n) is 10.9. The van der Waals surface area contributed by atoms with Gasteiger partial charge < -0.3 is 9.73 Å². The molecule has 110 valence electrons. The second-order valence-electron chi connectivity index (χ2n) is 4.67. The number of aromatic nitrogens is 2. The summed E-state index contributed by atoms with van der Waals surface area (Å²) in [6.45, 7) is 0.914. The third kappa shape index (κ3) is 3.11. The first kappa shape index (κ1) is 14.2. The van der Waals surface area contributed by atoms with E-state index >= 15 is 0 Å². The lowest BCUT2D eigenvalue weighted by Crippen LogP contribution is -2.13. The molecule has 6 nitrogen and oxygen atoms in total. The van der Waals surface area contributed by atoms with Crippen LogP contribution in [0.25, 0.3) is 0 Å². The van der Waals surface area contributed by atoms with Gasteiger partial charge in [0.25, 0.3) is 5.91 Å². The molecule has 21 heavy (non-hydrogen) atoms. The van der Waals surface area contributed by atoms with Crippen molar-refractivity contribution in [1.29, 1.82) is 0 Å². The lowest BCUT2D eigenvalue weighted by molar-refractivity contribution is 0.102. The van der Waals surface area contributed by atoms with Crippen molar-refractivity contribution in [2.45, 2.75) is 18.9 Å². The molecule has 0 radical (unpaired) electrons. The Hall–Kier alpha value is -1.80. The van der Waals surface area contributed by atoms with E-state index in [4.69, 9.17) is 4.42 Å². The third-order valence-corrected chi connectivity index (χ3v) is 3.85. The van der Waals surface area contributed by atoms with Gasteiger partial charge in [-0.05, 0) is 53.5 Å². The van der Waals surface area contributed by atoms with E-state index in [2.05, 4.69) is 36.8 Å². The third-order valence-electron chi connectivity index (χ3n) is 3.20. The van der Waals surface area contributed by atoms with E-state index in [1.54, 1.807) is 0 Å². The number of amides is 1. The van der Waals surface area contributed by atoms with Crippen molar-refractivity contribution in [2.24, 2.45) is 0 Å². The summed E-state index contributed by atoms with van der Waals surface area (Å²) in [5.74, 6) is -0.414. The molecule has 1 amide bonds. The van der Waals surface area contributed by atoms with Gasteiger partial charge >= 0.3 is 6.01 Å². The highest BCUT2D eigenvalue weighted by atomic mass is 79.9. The number of hydrogen-bond donors (Lipinski definition) is 2. The smallest absolute Gasteiger partial charge is 0.322 e. The van der Waals surface area contributed by atoms with Crippen molar-refractivity contribution in [1.82, 2.24) is 15.5 Å². The van der Waals surface area contributed by atoms with Gasteiger partial charge in [0, 0.05) is 4.47 Å². The van der Waals surface area contributed by atoms with Crippen molar-refractivity contribution < 1.29 is 13.6 Å². The fourth-order valence-electron chi connectivity index (χ4n) is 2.16. The highest BCUT2D eigenvalue weighted by molar-refractivity contribution is 9.10. The molecule has 2 aromatic rings. The maximum absolute atomic E-state index is 13.0. The fourth-order valence-corrected chi connectivity index (χ4v) is 2.69. The summed E-state index contributed by atoms with van der Waals surface area (Å²) in [4.78, 5) is 12.1. The lowest BCUT2D eigenvalue weighted by atomic mass is 10.2. The van der Waals surface area contributed by atoms with Gasteiger partial charge in [-0.15, -0.1) is 5.10 Å². The van der Waals surface area contributed by atoms with Crippen molar-refractivity contribution in [2.75, 3.05) is 11.9 Å². The number of rotatable bonds is 3. The number of anilines is 1. The summed E-state index contributed by atoms with van der Waals surface area (Å²) in [5.41, 5.74) is 0.287. The molecule has 2 heterocycles.